The topological polar surface area (TPSA) is 60.2 Å². The van der Waals surface area contributed by atoms with Crippen molar-refractivity contribution in [2.75, 3.05) is 6.54 Å². The van der Waals surface area contributed by atoms with E-state index in [0.717, 1.165) is 11.6 Å². The zero-order chi connectivity index (χ0) is 22.0. The van der Waals surface area contributed by atoms with Crippen molar-refractivity contribution in [3.05, 3.63) is 82.9 Å². The number of fused-ring (bicyclic) bond motifs is 1. The van der Waals surface area contributed by atoms with Crippen molar-refractivity contribution in [1.82, 2.24) is 19.7 Å². The van der Waals surface area contributed by atoms with Gasteiger partial charge in [-0.25, -0.2) is 8.78 Å². The number of halogens is 2. The van der Waals surface area contributed by atoms with Crippen molar-refractivity contribution in [2.45, 2.75) is 45.6 Å². The highest BCUT2D eigenvalue weighted by Crippen LogP contribution is 2.25. The smallest absolute Gasteiger partial charge is 0.256 e. The van der Waals surface area contributed by atoms with E-state index in [0.29, 0.717) is 24.7 Å². The molecule has 0 spiro atoms. The Kier molecular flexibility index (Phi) is 6.08. The molecule has 3 aromatic rings. The highest BCUT2D eigenvalue weighted by atomic mass is 19.2. The molecule has 0 saturated heterocycles. The number of rotatable bonds is 6. The van der Waals surface area contributed by atoms with Crippen LogP contribution in [0.15, 0.2) is 48.5 Å². The van der Waals surface area contributed by atoms with E-state index < -0.39 is 17.7 Å². The van der Waals surface area contributed by atoms with Gasteiger partial charge in [-0.3, -0.25) is 4.79 Å². The quantitative estimate of drug-likeness (QED) is 0.604. The summed E-state index contributed by atoms with van der Waals surface area (Å²) in [6.07, 6.45) is -0.680. The van der Waals surface area contributed by atoms with Crippen LogP contribution in [0.5, 0.6) is 0 Å². The minimum atomic E-state index is -0.884. The highest BCUT2D eigenvalue weighted by molar-refractivity contribution is 5.82. The second-order valence-corrected chi connectivity index (χ2v) is 7.81. The van der Waals surface area contributed by atoms with Crippen molar-refractivity contribution in [3.63, 3.8) is 0 Å². The molecule has 4 rings (SSSR count). The van der Waals surface area contributed by atoms with Crippen molar-refractivity contribution in [1.29, 1.82) is 0 Å². The zero-order valence-corrected chi connectivity index (χ0v) is 17.5. The first-order valence-corrected chi connectivity index (χ1v) is 10.3. The van der Waals surface area contributed by atoms with Gasteiger partial charge in [-0.1, -0.05) is 42.5 Å². The molecule has 6 nitrogen and oxygen atoms in total. The predicted molar refractivity (Wildman–Crippen MR) is 110 cm³/mol. The first-order chi connectivity index (χ1) is 14.9. The second-order valence-electron chi connectivity index (χ2n) is 7.81. The summed E-state index contributed by atoms with van der Waals surface area (Å²) in [5.74, 6) is -0.729. The molecule has 0 fully saturated rings. The van der Waals surface area contributed by atoms with Crippen LogP contribution in [0.2, 0.25) is 0 Å². The number of nitrogens with zero attached hydrogens (tertiary/aromatic N) is 4. The molecule has 0 bridgehead atoms. The summed E-state index contributed by atoms with van der Waals surface area (Å²) >= 11 is 0. The molecule has 1 atom stereocenters. The van der Waals surface area contributed by atoms with Gasteiger partial charge >= 0.3 is 0 Å². The van der Waals surface area contributed by atoms with Crippen LogP contribution >= 0.6 is 0 Å². The van der Waals surface area contributed by atoms with E-state index in [1.54, 1.807) is 4.90 Å². The molecule has 1 aliphatic rings. The van der Waals surface area contributed by atoms with E-state index in [1.807, 2.05) is 48.7 Å². The van der Waals surface area contributed by atoms with E-state index in [1.165, 1.54) is 12.1 Å². The van der Waals surface area contributed by atoms with Gasteiger partial charge in [0.15, 0.2) is 23.6 Å². The average molecular weight is 426 g/mol. The molecule has 1 aromatic heterocycles. The Morgan fingerprint density at radius 1 is 1.06 bits per heavy atom. The summed E-state index contributed by atoms with van der Waals surface area (Å²) in [5.41, 5.74) is 1.03. The molecule has 1 amide bonds. The first kappa shape index (κ1) is 21.1. The summed E-state index contributed by atoms with van der Waals surface area (Å²) in [4.78, 5) is 15.0. The Morgan fingerprint density at radius 3 is 2.58 bits per heavy atom. The van der Waals surface area contributed by atoms with Crippen LogP contribution in [-0.2, 0) is 29.0 Å². The minimum Gasteiger partial charge on any atom is -0.361 e. The molecule has 1 unspecified atom stereocenters. The van der Waals surface area contributed by atoms with Crippen molar-refractivity contribution in [2.24, 2.45) is 0 Å². The summed E-state index contributed by atoms with van der Waals surface area (Å²) < 4.78 is 35.4. The van der Waals surface area contributed by atoms with E-state index in [4.69, 9.17) is 4.74 Å². The molecular formula is C23H24F2N4O2. The minimum absolute atomic E-state index is 0.115. The number of carbonyl (C=O) groups is 1. The largest absolute Gasteiger partial charge is 0.361 e. The molecule has 2 heterocycles. The Morgan fingerprint density at radius 2 is 1.84 bits per heavy atom. The van der Waals surface area contributed by atoms with Crippen LogP contribution in [0.3, 0.4) is 0 Å². The molecule has 31 heavy (non-hydrogen) atoms. The van der Waals surface area contributed by atoms with Gasteiger partial charge in [0.2, 0.25) is 0 Å². The van der Waals surface area contributed by atoms with E-state index in [9.17, 15) is 13.6 Å². The standard InChI is InChI=1S/C23H24F2N4O2/c1-15(2)31-22(16-7-4-3-5-8-16)23(30)28-11-12-29-19(26-27-20(29)14-28)13-17-9-6-10-18(24)21(17)25/h3-10,15,22H,11-14H2,1-2H3. The average Bonchev–Trinajstić information content (AvgIpc) is 3.17. The van der Waals surface area contributed by atoms with Crippen LogP contribution in [-0.4, -0.2) is 38.2 Å². The molecule has 0 saturated carbocycles. The SMILES string of the molecule is CC(C)OC(C(=O)N1CCn2c(Cc3cccc(F)c3F)nnc2C1)c1ccccc1. The van der Waals surface area contributed by atoms with Crippen LogP contribution in [0.1, 0.15) is 42.7 Å². The lowest BCUT2D eigenvalue weighted by molar-refractivity contribution is -0.148. The number of hydrogen-bond donors (Lipinski definition) is 0. The summed E-state index contributed by atoms with van der Waals surface area (Å²) in [6, 6.07) is 13.5. The lowest BCUT2D eigenvalue weighted by Gasteiger charge is -2.31. The van der Waals surface area contributed by atoms with Gasteiger partial charge in [-0.15, -0.1) is 10.2 Å². The Labute approximate surface area is 179 Å². The maximum absolute atomic E-state index is 14.0. The lowest BCUT2D eigenvalue weighted by atomic mass is 10.1. The van der Waals surface area contributed by atoms with Crippen molar-refractivity contribution < 1.29 is 18.3 Å². The molecule has 0 N–H and O–H groups in total. The molecular weight excluding hydrogens is 402 g/mol. The maximum atomic E-state index is 14.0. The fraction of sp³-hybridized carbons (Fsp3) is 0.348. The van der Waals surface area contributed by atoms with Crippen LogP contribution in [0.4, 0.5) is 8.78 Å². The number of benzene rings is 2. The molecule has 0 aliphatic carbocycles. The summed E-state index contributed by atoms with van der Waals surface area (Å²) in [7, 11) is 0. The number of hydrogen-bond acceptors (Lipinski definition) is 4. The van der Waals surface area contributed by atoms with E-state index in [2.05, 4.69) is 10.2 Å². The number of carbonyl (C=O) groups excluding carboxylic acids is 1. The lowest BCUT2D eigenvalue weighted by Crippen LogP contribution is -2.42. The third-order valence-corrected chi connectivity index (χ3v) is 5.26. The number of aromatic nitrogens is 3. The molecule has 1 aliphatic heterocycles. The Hall–Kier alpha value is -3.13. The molecule has 2 aromatic carbocycles. The number of ether oxygens (including phenoxy) is 1. The van der Waals surface area contributed by atoms with Gasteiger partial charge in [-0.2, -0.15) is 0 Å². The number of amides is 1. The van der Waals surface area contributed by atoms with E-state index >= 15 is 0 Å². The zero-order valence-electron chi connectivity index (χ0n) is 17.5. The van der Waals surface area contributed by atoms with Crippen LogP contribution in [0, 0.1) is 11.6 Å². The Balaban J connectivity index is 1.52. The predicted octanol–water partition coefficient (Wildman–Crippen LogP) is 3.66. The van der Waals surface area contributed by atoms with Gasteiger partial charge in [0.05, 0.1) is 12.6 Å². The maximum Gasteiger partial charge on any atom is 0.256 e. The monoisotopic (exact) mass is 426 g/mol. The van der Waals surface area contributed by atoms with Crippen molar-refractivity contribution in [3.8, 4) is 0 Å². The van der Waals surface area contributed by atoms with Gasteiger partial charge in [-0.05, 0) is 31.0 Å². The van der Waals surface area contributed by atoms with Crippen LogP contribution in [0.25, 0.3) is 0 Å². The first-order valence-electron chi connectivity index (χ1n) is 10.3. The van der Waals surface area contributed by atoms with Crippen LogP contribution < -0.4 is 0 Å². The summed E-state index contributed by atoms with van der Waals surface area (Å²) in [6.45, 7) is 5.00. The molecule has 162 valence electrons. The normalized spacial score (nSPS) is 14.5. The van der Waals surface area contributed by atoms with Crippen molar-refractivity contribution >= 4 is 5.91 Å². The highest BCUT2D eigenvalue weighted by Gasteiger charge is 2.31. The molecule has 0 radical (unpaired) electrons. The van der Waals surface area contributed by atoms with Gasteiger partial charge in [0, 0.05) is 19.5 Å². The fourth-order valence-corrected chi connectivity index (χ4v) is 3.74. The van der Waals surface area contributed by atoms with Gasteiger partial charge in [0.1, 0.15) is 5.82 Å². The van der Waals surface area contributed by atoms with E-state index in [-0.39, 0.29) is 30.5 Å². The molecule has 8 heteroatoms. The second kappa shape index (κ2) is 8.93. The third kappa shape index (κ3) is 4.49. The summed E-state index contributed by atoms with van der Waals surface area (Å²) in [5, 5.41) is 8.36. The van der Waals surface area contributed by atoms with Gasteiger partial charge in [0.25, 0.3) is 5.91 Å². The third-order valence-electron chi connectivity index (χ3n) is 5.26. The fourth-order valence-electron chi connectivity index (χ4n) is 3.74. The van der Waals surface area contributed by atoms with Gasteiger partial charge < -0.3 is 14.2 Å². The Bertz CT molecular complexity index is 1070.